The van der Waals surface area contributed by atoms with Crippen molar-refractivity contribution in [1.29, 1.82) is 0 Å². The molecule has 2 aliphatic rings. The molecule has 0 radical (unpaired) electrons. The largest absolute Gasteiger partial charge is 0.354 e. The second-order valence-electron chi connectivity index (χ2n) is 6.89. The number of nitrogens with one attached hydrogen (secondary N) is 1. The number of amides is 1. The Morgan fingerprint density at radius 1 is 1.21 bits per heavy atom. The normalized spacial score (nSPS) is 23.5. The van der Waals surface area contributed by atoms with Crippen molar-refractivity contribution in [3.05, 3.63) is 17.0 Å². The van der Waals surface area contributed by atoms with Crippen molar-refractivity contribution in [2.75, 3.05) is 13.1 Å². The molecule has 134 valence electrons. The molecule has 7 heteroatoms. The topological polar surface area (TPSA) is 66.5 Å². The molecule has 0 unspecified atom stereocenters. The van der Waals surface area contributed by atoms with Crippen LogP contribution in [0.1, 0.15) is 49.8 Å². The van der Waals surface area contributed by atoms with Gasteiger partial charge in [0.1, 0.15) is 10.3 Å². The smallest absolute Gasteiger partial charge is 0.253 e. The van der Waals surface area contributed by atoms with Gasteiger partial charge in [-0.1, -0.05) is 19.3 Å². The second-order valence-corrected chi connectivity index (χ2v) is 10.3. The van der Waals surface area contributed by atoms with E-state index in [1.165, 1.54) is 47.7 Å². The number of hydrogen-bond acceptors (Lipinski definition) is 4. The molecule has 1 N–H and O–H groups in total. The second kappa shape index (κ2) is 7.54. The van der Waals surface area contributed by atoms with Gasteiger partial charge >= 0.3 is 0 Å². The van der Waals surface area contributed by atoms with Crippen LogP contribution < -0.4 is 5.32 Å². The van der Waals surface area contributed by atoms with E-state index < -0.39 is 16.1 Å². The van der Waals surface area contributed by atoms with Gasteiger partial charge in [0, 0.05) is 18.0 Å². The molecule has 1 atom stereocenters. The van der Waals surface area contributed by atoms with Gasteiger partial charge in [-0.05, 0) is 50.7 Å². The number of thiophene rings is 1. The fourth-order valence-corrected chi connectivity index (χ4v) is 6.78. The van der Waals surface area contributed by atoms with Gasteiger partial charge < -0.3 is 5.32 Å². The summed E-state index contributed by atoms with van der Waals surface area (Å²) < 4.78 is 27.4. The van der Waals surface area contributed by atoms with E-state index >= 15 is 0 Å². The monoisotopic (exact) mass is 370 g/mol. The summed E-state index contributed by atoms with van der Waals surface area (Å²) >= 11 is 1.27. The Balaban J connectivity index is 1.65. The first-order chi connectivity index (χ1) is 11.5. The maximum absolute atomic E-state index is 12.8. The zero-order valence-electron chi connectivity index (χ0n) is 14.2. The number of aryl methyl sites for hydroxylation is 1. The van der Waals surface area contributed by atoms with Gasteiger partial charge in [0.25, 0.3) is 10.0 Å². The predicted molar refractivity (Wildman–Crippen MR) is 95.6 cm³/mol. The van der Waals surface area contributed by atoms with Crippen LogP contribution in [0.3, 0.4) is 0 Å². The third-order valence-corrected chi connectivity index (χ3v) is 8.45. The van der Waals surface area contributed by atoms with Crippen LogP contribution in [-0.2, 0) is 14.8 Å². The Hall–Kier alpha value is -0.920. The third kappa shape index (κ3) is 3.83. The van der Waals surface area contributed by atoms with Gasteiger partial charge in [-0.25, -0.2) is 8.42 Å². The highest BCUT2D eigenvalue weighted by atomic mass is 32.2. The minimum Gasteiger partial charge on any atom is -0.354 e. The van der Waals surface area contributed by atoms with Crippen molar-refractivity contribution in [3.8, 4) is 0 Å². The molecule has 0 aromatic carbocycles. The van der Waals surface area contributed by atoms with E-state index in [1.807, 2.05) is 13.0 Å². The summed E-state index contributed by atoms with van der Waals surface area (Å²) in [6, 6.07) is 2.90. The number of sulfonamides is 1. The van der Waals surface area contributed by atoms with Crippen LogP contribution in [0.15, 0.2) is 16.3 Å². The summed E-state index contributed by atoms with van der Waals surface area (Å²) in [5, 5.41) is 3.01. The van der Waals surface area contributed by atoms with Crippen molar-refractivity contribution in [2.45, 2.75) is 62.1 Å². The molecule has 1 aromatic rings. The van der Waals surface area contributed by atoms with Crippen LogP contribution in [0, 0.1) is 12.8 Å². The lowest BCUT2D eigenvalue weighted by molar-refractivity contribution is -0.124. The van der Waals surface area contributed by atoms with Crippen LogP contribution in [-0.4, -0.2) is 37.8 Å². The molecule has 24 heavy (non-hydrogen) atoms. The summed E-state index contributed by atoms with van der Waals surface area (Å²) in [6.45, 7) is 3.00. The molecule has 1 saturated heterocycles. The third-order valence-electron chi connectivity index (χ3n) is 5.07. The maximum atomic E-state index is 12.8. The summed E-state index contributed by atoms with van der Waals surface area (Å²) in [6.07, 6.45) is 7.46. The van der Waals surface area contributed by atoms with E-state index in [2.05, 4.69) is 5.32 Å². The zero-order valence-corrected chi connectivity index (χ0v) is 15.8. The molecule has 3 rings (SSSR count). The minimum absolute atomic E-state index is 0.130. The lowest BCUT2D eigenvalue weighted by Gasteiger charge is -2.25. The van der Waals surface area contributed by atoms with E-state index in [1.54, 1.807) is 6.07 Å². The maximum Gasteiger partial charge on any atom is 0.253 e. The van der Waals surface area contributed by atoms with Crippen LogP contribution in [0.5, 0.6) is 0 Å². The molecule has 0 bridgehead atoms. The Morgan fingerprint density at radius 2 is 1.96 bits per heavy atom. The Morgan fingerprint density at radius 3 is 2.62 bits per heavy atom. The van der Waals surface area contributed by atoms with Gasteiger partial charge in [0.05, 0.1) is 0 Å². The Labute approximate surface area is 148 Å². The summed E-state index contributed by atoms with van der Waals surface area (Å²) in [5.41, 5.74) is 0. The van der Waals surface area contributed by atoms with Crippen molar-refractivity contribution in [2.24, 2.45) is 5.92 Å². The van der Waals surface area contributed by atoms with Crippen molar-refractivity contribution < 1.29 is 13.2 Å². The molecule has 2 heterocycles. The highest BCUT2D eigenvalue weighted by Crippen LogP contribution is 2.30. The lowest BCUT2D eigenvalue weighted by atomic mass is 9.89. The fourth-order valence-electron chi connectivity index (χ4n) is 3.71. The average molecular weight is 371 g/mol. The lowest BCUT2D eigenvalue weighted by Crippen LogP contribution is -2.46. The summed E-state index contributed by atoms with van der Waals surface area (Å²) in [5.74, 6) is 0.420. The van der Waals surface area contributed by atoms with Crippen LogP contribution in [0.25, 0.3) is 0 Å². The predicted octanol–water partition coefficient (Wildman–Crippen LogP) is 2.91. The molecule has 0 spiro atoms. The Bertz CT molecular complexity index is 678. The number of nitrogens with zero attached hydrogens (tertiary/aromatic N) is 1. The van der Waals surface area contributed by atoms with Gasteiger partial charge in [-0.2, -0.15) is 4.31 Å². The summed E-state index contributed by atoms with van der Waals surface area (Å²) in [4.78, 5) is 13.5. The molecule has 1 aliphatic carbocycles. The first kappa shape index (κ1) is 17.9. The molecule has 1 aliphatic heterocycles. The molecule has 1 saturated carbocycles. The van der Waals surface area contributed by atoms with Crippen molar-refractivity contribution in [3.63, 3.8) is 0 Å². The van der Waals surface area contributed by atoms with E-state index in [0.717, 1.165) is 11.3 Å². The number of hydrogen-bond donors (Lipinski definition) is 1. The highest BCUT2D eigenvalue weighted by molar-refractivity contribution is 7.91. The van der Waals surface area contributed by atoms with E-state index in [4.69, 9.17) is 0 Å². The SMILES string of the molecule is Cc1ccc(S(=O)(=O)N2CCC[C@@H]2C(=O)NCC2CCCCC2)s1. The molecule has 1 amide bonds. The van der Waals surface area contributed by atoms with Crippen LogP contribution in [0.2, 0.25) is 0 Å². The average Bonchev–Trinajstić information content (AvgIpc) is 3.23. The van der Waals surface area contributed by atoms with Crippen molar-refractivity contribution in [1.82, 2.24) is 9.62 Å². The van der Waals surface area contributed by atoms with Gasteiger partial charge in [0.2, 0.25) is 5.91 Å². The number of rotatable bonds is 5. The quantitative estimate of drug-likeness (QED) is 0.867. The van der Waals surface area contributed by atoms with E-state index in [9.17, 15) is 13.2 Å². The molecule has 2 fully saturated rings. The van der Waals surface area contributed by atoms with Gasteiger partial charge in [-0.15, -0.1) is 11.3 Å². The molecular formula is C17H26N2O3S2. The standard InChI is InChI=1S/C17H26N2O3S2/c1-13-9-10-16(23-13)24(21,22)19-11-5-8-15(19)17(20)18-12-14-6-3-2-4-7-14/h9-10,14-15H,2-8,11-12H2,1H3,(H,18,20)/t15-/m1/s1. The van der Waals surface area contributed by atoms with Crippen LogP contribution >= 0.6 is 11.3 Å². The van der Waals surface area contributed by atoms with E-state index in [-0.39, 0.29) is 5.91 Å². The van der Waals surface area contributed by atoms with Crippen LogP contribution in [0.4, 0.5) is 0 Å². The zero-order chi connectivity index (χ0) is 17.2. The summed E-state index contributed by atoms with van der Waals surface area (Å²) in [7, 11) is -3.56. The van der Waals surface area contributed by atoms with E-state index in [0.29, 0.717) is 29.6 Å². The number of carbonyl (C=O) groups excluding carboxylic acids is 1. The minimum atomic E-state index is -3.56. The first-order valence-corrected chi connectivity index (χ1v) is 11.1. The molecule has 1 aromatic heterocycles. The fraction of sp³-hybridized carbons (Fsp3) is 0.706. The first-order valence-electron chi connectivity index (χ1n) is 8.84. The highest BCUT2D eigenvalue weighted by Gasteiger charge is 2.40. The van der Waals surface area contributed by atoms with Crippen molar-refractivity contribution >= 4 is 27.3 Å². The van der Waals surface area contributed by atoms with Gasteiger partial charge in [0.15, 0.2) is 0 Å². The number of carbonyl (C=O) groups is 1. The molecular weight excluding hydrogens is 344 g/mol. The molecule has 5 nitrogen and oxygen atoms in total. The van der Waals surface area contributed by atoms with Gasteiger partial charge in [-0.3, -0.25) is 4.79 Å². The Kier molecular flexibility index (Phi) is 5.62.